The standard InChI is InChI=1S/C25H36N2O2.2ClH/c1-3-5-7-12-23(27-17-15-26-16-18-27)22-13-14-24(25(19-22)28-4-2)29-20-21-10-8-6-9-11-21;;/h6,8-11,13-14,19,23,26H,3-5,7,12,15-18,20H2,1-2H3;2*1H/t23-;;/m0../s1. The van der Waals surface area contributed by atoms with E-state index >= 15 is 0 Å². The lowest BCUT2D eigenvalue weighted by molar-refractivity contribution is 0.162. The van der Waals surface area contributed by atoms with Crippen LogP contribution in [-0.4, -0.2) is 37.7 Å². The lowest BCUT2D eigenvalue weighted by Gasteiger charge is -2.35. The predicted molar refractivity (Wildman–Crippen MR) is 134 cm³/mol. The summed E-state index contributed by atoms with van der Waals surface area (Å²) in [5.74, 6) is 1.68. The summed E-state index contributed by atoms with van der Waals surface area (Å²) >= 11 is 0. The Labute approximate surface area is 200 Å². The maximum absolute atomic E-state index is 6.11. The summed E-state index contributed by atoms with van der Waals surface area (Å²) in [5, 5.41) is 3.48. The molecule has 0 amide bonds. The van der Waals surface area contributed by atoms with Crippen LogP contribution in [0, 0.1) is 0 Å². The van der Waals surface area contributed by atoms with Gasteiger partial charge in [0.25, 0.3) is 0 Å². The summed E-state index contributed by atoms with van der Waals surface area (Å²) in [6.07, 6.45) is 5.01. The van der Waals surface area contributed by atoms with Crippen LogP contribution in [0.5, 0.6) is 11.5 Å². The van der Waals surface area contributed by atoms with Crippen LogP contribution in [-0.2, 0) is 6.61 Å². The Morgan fingerprint density at radius 3 is 2.32 bits per heavy atom. The van der Waals surface area contributed by atoms with E-state index in [-0.39, 0.29) is 24.8 Å². The van der Waals surface area contributed by atoms with E-state index in [0.29, 0.717) is 19.3 Å². The fourth-order valence-electron chi connectivity index (χ4n) is 4.00. The second-order valence-corrected chi connectivity index (χ2v) is 7.71. The number of halogens is 2. The molecule has 1 saturated heterocycles. The molecule has 3 rings (SSSR count). The molecule has 0 unspecified atom stereocenters. The number of piperazine rings is 1. The molecule has 0 saturated carbocycles. The number of hydrogen-bond acceptors (Lipinski definition) is 4. The number of rotatable bonds is 11. The third-order valence-corrected chi connectivity index (χ3v) is 5.56. The van der Waals surface area contributed by atoms with Crippen molar-refractivity contribution in [3.63, 3.8) is 0 Å². The molecule has 1 fully saturated rings. The average molecular weight is 469 g/mol. The summed E-state index contributed by atoms with van der Waals surface area (Å²) < 4.78 is 12.1. The van der Waals surface area contributed by atoms with Crippen LogP contribution in [0.3, 0.4) is 0 Å². The zero-order valence-corrected chi connectivity index (χ0v) is 20.5. The van der Waals surface area contributed by atoms with Gasteiger partial charge in [0.2, 0.25) is 0 Å². The van der Waals surface area contributed by atoms with E-state index in [1.807, 2.05) is 25.1 Å². The molecule has 0 aliphatic carbocycles. The first-order valence-corrected chi connectivity index (χ1v) is 11.2. The second kappa shape index (κ2) is 15.4. The molecular weight excluding hydrogens is 431 g/mol. The second-order valence-electron chi connectivity index (χ2n) is 7.71. The van der Waals surface area contributed by atoms with Crippen molar-refractivity contribution in [1.29, 1.82) is 0 Å². The SMILES string of the molecule is CCCCC[C@@H](c1ccc(OCc2ccccc2)c(OCC)c1)N1CCNCC1.Cl.Cl. The first-order valence-electron chi connectivity index (χ1n) is 11.2. The molecular formula is C25H38Cl2N2O2. The zero-order chi connectivity index (χ0) is 20.3. The molecule has 6 heteroatoms. The molecule has 1 N–H and O–H groups in total. The van der Waals surface area contributed by atoms with Crippen LogP contribution in [0.15, 0.2) is 48.5 Å². The van der Waals surface area contributed by atoms with Gasteiger partial charge in [0.1, 0.15) is 6.61 Å². The number of nitrogens with zero attached hydrogens (tertiary/aromatic N) is 1. The molecule has 1 atom stereocenters. The fraction of sp³-hybridized carbons (Fsp3) is 0.520. The van der Waals surface area contributed by atoms with Gasteiger partial charge >= 0.3 is 0 Å². The van der Waals surface area contributed by atoms with Gasteiger partial charge in [-0.3, -0.25) is 4.90 Å². The molecule has 4 nitrogen and oxygen atoms in total. The van der Waals surface area contributed by atoms with E-state index in [0.717, 1.165) is 43.2 Å². The molecule has 1 aliphatic heterocycles. The smallest absolute Gasteiger partial charge is 0.161 e. The Morgan fingerprint density at radius 1 is 0.903 bits per heavy atom. The third kappa shape index (κ3) is 8.53. The van der Waals surface area contributed by atoms with Crippen molar-refractivity contribution in [2.24, 2.45) is 0 Å². The number of nitrogens with one attached hydrogen (secondary N) is 1. The number of ether oxygens (including phenoxy) is 2. The Hall–Kier alpha value is -1.46. The van der Waals surface area contributed by atoms with Gasteiger partial charge in [0.05, 0.1) is 6.61 Å². The van der Waals surface area contributed by atoms with E-state index in [4.69, 9.17) is 9.47 Å². The van der Waals surface area contributed by atoms with E-state index < -0.39 is 0 Å². The Kier molecular flexibility index (Phi) is 13.7. The summed E-state index contributed by atoms with van der Waals surface area (Å²) in [5.41, 5.74) is 2.51. The molecule has 174 valence electrons. The highest BCUT2D eigenvalue weighted by Crippen LogP contribution is 2.35. The molecule has 2 aromatic carbocycles. The van der Waals surface area contributed by atoms with Crippen LogP contribution in [0.1, 0.15) is 56.7 Å². The topological polar surface area (TPSA) is 33.7 Å². The van der Waals surface area contributed by atoms with Crippen LogP contribution >= 0.6 is 24.8 Å². The Bertz CT molecular complexity index is 725. The summed E-state index contributed by atoms with van der Waals surface area (Å²) in [6, 6.07) is 17.3. The van der Waals surface area contributed by atoms with E-state index in [9.17, 15) is 0 Å². The summed E-state index contributed by atoms with van der Waals surface area (Å²) in [7, 11) is 0. The monoisotopic (exact) mass is 468 g/mol. The van der Waals surface area contributed by atoms with Gasteiger partial charge in [0.15, 0.2) is 11.5 Å². The van der Waals surface area contributed by atoms with Crippen LogP contribution in [0.25, 0.3) is 0 Å². The van der Waals surface area contributed by atoms with Gasteiger partial charge in [-0.05, 0) is 36.6 Å². The van der Waals surface area contributed by atoms with Crippen LogP contribution in [0.4, 0.5) is 0 Å². The van der Waals surface area contributed by atoms with Crippen LogP contribution < -0.4 is 14.8 Å². The number of unbranched alkanes of at least 4 members (excludes halogenated alkanes) is 2. The molecule has 0 spiro atoms. The highest BCUT2D eigenvalue weighted by molar-refractivity contribution is 5.85. The molecule has 2 aromatic rings. The predicted octanol–water partition coefficient (Wildman–Crippen LogP) is 6.03. The van der Waals surface area contributed by atoms with Gasteiger partial charge < -0.3 is 14.8 Å². The first kappa shape index (κ1) is 27.6. The number of benzene rings is 2. The van der Waals surface area contributed by atoms with Gasteiger partial charge in [-0.25, -0.2) is 0 Å². The molecule has 31 heavy (non-hydrogen) atoms. The summed E-state index contributed by atoms with van der Waals surface area (Å²) in [4.78, 5) is 2.63. The number of hydrogen-bond donors (Lipinski definition) is 1. The van der Waals surface area contributed by atoms with Crippen molar-refractivity contribution in [1.82, 2.24) is 10.2 Å². The van der Waals surface area contributed by atoms with E-state index in [1.165, 1.54) is 31.2 Å². The van der Waals surface area contributed by atoms with E-state index in [1.54, 1.807) is 0 Å². The third-order valence-electron chi connectivity index (χ3n) is 5.56. The van der Waals surface area contributed by atoms with Gasteiger partial charge in [-0.15, -0.1) is 24.8 Å². The minimum Gasteiger partial charge on any atom is -0.490 e. The lowest BCUT2D eigenvalue weighted by atomic mass is 9.97. The molecule has 0 radical (unpaired) electrons. The van der Waals surface area contributed by atoms with Gasteiger partial charge in [0, 0.05) is 32.2 Å². The Morgan fingerprint density at radius 2 is 1.65 bits per heavy atom. The average Bonchev–Trinajstić information content (AvgIpc) is 2.77. The lowest BCUT2D eigenvalue weighted by Crippen LogP contribution is -2.45. The maximum atomic E-state index is 6.11. The first-order chi connectivity index (χ1) is 14.3. The van der Waals surface area contributed by atoms with Gasteiger partial charge in [-0.1, -0.05) is 62.6 Å². The minimum atomic E-state index is 0. The van der Waals surface area contributed by atoms with Gasteiger partial charge in [-0.2, -0.15) is 0 Å². The van der Waals surface area contributed by atoms with Crippen LogP contribution in [0.2, 0.25) is 0 Å². The van der Waals surface area contributed by atoms with Crippen molar-refractivity contribution < 1.29 is 9.47 Å². The molecule has 0 aromatic heterocycles. The quantitative estimate of drug-likeness (QED) is 0.407. The van der Waals surface area contributed by atoms with E-state index in [2.05, 4.69) is 47.5 Å². The fourth-order valence-corrected chi connectivity index (χ4v) is 4.00. The van der Waals surface area contributed by atoms with Crippen molar-refractivity contribution in [2.45, 2.75) is 52.2 Å². The Balaban J connectivity index is 0.00000240. The largest absolute Gasteiger partial charge is 0.490 e. The normalized spacial score (nSPS) is 14.8. The highest BCUT2D eigenvalue weighted by atomic mass is 35.5. The molecule has 0 bridgehead atoms. The molecule has 1 aliphatic rings. The molecule has 1 heterocycles. The summed E-state index contributed by atoms with van der Waals surface area (Å²) in [6.45, 7) is 9.84. The zero-order valence-electron chi connectivity index (χ0n) is 18.8. The minimum absolute atomic E-state index is 0. The van der Waals surface area contributed by atoms with Crippen molar-refractivity contribution in [3.8, 4) is 11.5 Å². The maximum Gasteiger partial charge on any atom is 0.161 e. The van der Waals surface area contributed by atoms with Crippen molar-refractivity contribution in [2.75, 3.05) is 32.8 Å². The van der Waals surface area contributed by atoms with Crippen molar-refractivity contribution >= 4 is 24.8 Å². The van der Waals surface area contributed by atoms with Crippen molar-refractivity contribution in [3.05, 3.63) is 59.7 Å². The highest BCUT2D eigenvalue weighted by Gasteiger charge is 2.23.